The van der Waals surface area contributed by atoms with Gasteiger partial charge in [-0.25, -0.2) is 14.6 Å². The van der Waals surface area contributed by atoms with Crippen LogP contribution in [0.4, 0.5) is 5.82 Å². The molecule has 0 spiro atoms. The fraction of sp³-hybridized carbons (Fsp3) is 0.409. The molecule has 3 aromatic heterocycles. The van der Waals surface area contributed by atoms with Crippen molar-refractivity contribution in [1.82, 2.24) is 25.1 Å². The maximum Gasteiger partial charge on any atom is 0.267 e. The van der Waals surface area contributed by atoms with Crippen molar-refractivity contribution in [2.45, 2.75) is 32.2 Å². The molecule has 1 fully saturated rings. The first-order valence-electron chi connectivity index (χ1n) is 10.7. The SMILES string of the molecule is CC(C(=O)NCCOc1cc(N2CCCCC2)ncn1)n1nc(-c2cccs2)ccc1=O. The van der Waals surface area contributed by atoms with Crippen LogP contribution in [0.1, 0.15) is 32.2 Å². The summed E-state index contributed by atoms with van der Waals surface area (Å²) in [6.07, 6.45) is 5.08. The number of amides is 1. The summed E-state index contributed by atoms with van der Waals surface area (Å²) < 4.78 is 6.90. The van der Waals surface area contributed by atoms with Gasteiger partial charge in [0.25, 0.3) is 5.56 Å². The van der Waals surface area contributed by atoms with Crippen LogP contribution in [0.5, 0.6) is 5.88 Å². The third kappa shape index (κ3) is 5.31. The number of hydrogen-bond acceptors (Lipinski definition) is 8. The van der Waals surface area contributed by atoms with Crippen molar-refractivity contribution in [3.8, 4) is 16.5 Å². The number of thiophene rings is 1. The zero-order valence-electron chi connectivity index (χ0n) is 17.9. The Balaban J connectivity index is 1.30. The van der Waals surface area contributed by atoms with Gasteiger partial charge in [-0.1, -0.05) is 6.07 Å². The fourth-order valence-corrected chi connectivity index (χ4v) is 4.24. The quantitative estimate of drug-likeness (QED) is 0.522. The number of nitrogens with zero attached hydrogens (tertiary/aromatic N) is 5. The van der Waals surface area contributed by atoms with Gasteiger partial charge in [0, 0.05) is 25.2 Å². The summed E-state index contributed by atoms with van der Waals surface area (Å²) in [4.78, 5) is 36.5. The van der Waals surface area contributed by atoms with E-state index in [1.165, 1.54) is 47.7 Å². The number of carbonyl (C=O) groups is 1. The van der Waals surface area contributed by atoms with Crippen LogP contribution >= 0.6 is 11.3 Å². The van der Waals surface area contributed by atoms with Crippen molar-refractivity contribution in [3.05, 3.63) is 52.4 Å². The van der Waals surface area contributed by atoms with Gasteiger partial charge in [0.2, 0.25) is 11.8 Å². The van der Waals surface area contributed by atoms with Crippen LogP contribution in [0, 0.1) is 0 Å². The van der Waals surface area contributed by atoms with E-state index in [2.05, 4.69) is 25.3 Å². The largest absolute Gasteiger partial charge is 0.476 e. The number of piperidine rings is 1. The van der Waals surface area contributed by atoms with Crippen molar-refractivity contribution in [1.29, 1.82) is 0 Å². The molecule has 1 atom stereocenters. The van der Waals surface area contributed by atoms with Gasteiger partial charge >= 0.3 is 0 Å². The first-order chi connectivity index (χ1) is 15.6. The second kappa shape index (κ2) is 10.4. The van der Waals surface area contributed by atoms with Gasteiger partial charge < -0.3 is 15.0 Å². The topological polar surface area (TPSA) is 102 Å². The normalized spacial score (nSPS) is 14.7. The number of anilines is 1. The second-order valence-electron chi connectivity index (χ2n) is 7.56. The standard InChI is InChI=1S/C22H26N6O3S/c1-16(28-21(29)8-7-17(26-28)18-6-5-13-32-18)22(30)23-9-12-31-20-14-19(24-15-25-20)27-10-3-2-4-11-27/h5-8,13-16H,2-4,9-12H2,1H3,(H,23,30). The monoisotopic (exact) mass is 454 g/mol. The molecule has 1 aliphatic rings. The van der Waals surface area contributed by atoms with E-state index in [9.17, 15) is 9.59 Å². The molecule has 3 aromatic rings. The van der Waals surface area contributed by atoms with Crippen molar-refractivity contribution in [2.24, 2.45) is 0 Å². The van der Waals surface area contributed by atoms with Crippen molar-refractivity contribution >= 4 is 23.1 Å². The highest BCUT2D eigenvalue weighted by Crippen LogP contribution is 2.22. The molecule has 0 aliphatic carbocycles. The van der Waals surface area contributed by atoms with Crippen LogP contribution in [-0.2, 0) is 4.79 Å². The lowest BCUT2D eigenvalue weighted by atomic mass is 10.1. The number of carbonyl (C=O) groups excluding carboxylic acids is 1. The molecule has 4 heterocycles. The average Bonchev–Trinajstić information content (AvgIpc) is 3.37. The molecule has 0 saturated carbocycles. The van der Waals surface area contributed by atoms with E-state index in [0.717, 1.165) is 23.8 Å². The highest BCUT2D eigenvalue weighted by atomic mass is 32.1. The van der Waals surface area contributed by atoms with Crippen LogP contribution < -0.4 is 20.5 Å². The molecule has 1 unspecified atom stereocenters. The Kier molecular flexibility index (Phi) is 7.10. The van der Waals surface area contributed by atoms with E-state index >= 15 is 0 Å². The Bertz CT molecular complexity index is 1100. The second-order valence-corrected chi connectivity index (χ2v) is 8.50. The van der Waals surface area contributed by atoms with Crippen molar-refractivity contribution < 1.29 is 9.53 Å². The van der Waals surface area contributed by atoms with E-state index in [1.54, 1.807) is 13.0 Å². The summed E-state index contributed by atoms with van der Waals surface area (Å²) in [7, 11) is 0. The minimum atomic E-state index is -0.743. The van der Waals surface area contributed by atoms with E-state index in [-0.39, 0.29) is 24.6 Å². The predicted octanol–water partition coefficient (Wildman–Crippen LogP) is 2.51. The molecule has 9 nitrogen and oxygen atoms in total. The molecule has 1 saturated heterocycles. The molecular weight excluding hydrogens is 428 g/mol. The lowest BCUT2D eigenvalue weighted by Gasteiger charge is -2.27. The Morgan fingerprint density at radius 2 is 2.06 bits per heavy atom. The molecule has 1 amide bonds. The molecule has 0 radical (unpaired) electrons. The lowest BCUT2D eigenvalue weighted by molar-refractivity contribution is -0.124. The third-order valence-electron chi connectivity index (χ3n) is 5.30. The molecule has 10 heteroatoms. The molecule has 1 aliphatic heterocycles. The van der Waals surface area contributed by atoms with Gasteiger partial charge in [0.15, 0.2) is 0 Å². The zero-order chi connectivity index (χ0) is 22.3. The van der Waals surface area contributed by atoms with E-state index in [1.807, 2.05) is 23.6 Å². The highest BCUT2D eigenvalue weighted by Gasteiger charge is 2.18. The van der Waals surface area contributed by atoms with Crippen LogP contribution in [0.2, 0.25) is 0 Å². The van der Waals surface area contributed by atoms with E-state index < -0.39 is 6.04 Å². The van der Waals surface area contributed by atoms with E-state index in [0.29, 0.717) is 11.6 Å². The van der Waals surface area contributed by atoms with Crippen LogP contribution in [0.25, 0.3) is 10.6 Å². The number of ether oxygens (including phenoxy) is 1. The predicted molar refractivity (Wildman–Crippen MR) is 123 cm³/mol. The van der Waals surface area contributed by atoms with Crippen molar-refractivity contribution in [3.63, 3.8) is 0 Å². The Morgan fingerprint density at radius 1 is 1.22 bits per heavy atom. The molecular formula is C22H26N6O3S. The lowest BCUT2D eigenvalue weighted by Crippen LogP contribution is -2.38. The van der Waals surface area contributed by atoms with Gasteiger partial charge in [-0.2, -0.15) is 5.10 Å². The van der Waals surface area contributed by atoms with Crippen molar-refractivity contribution in [2.75, 3.05) is 31.1 Å². The summed E-state index contributed by atoms with van der Waals surface area (Å²) in [5.74, 6) is 1.04. The maximum atomic E-state index is 12.6. The summed E-state index contributed by atoms with van der Waals surface area (Å²) in [5.41, 5.74) is 0.339. The number of hydrogen-bond donors (Lipinski definition) is 1. The molecule has 1 N–H and O–H groups in total. The summed E-state index contributed by atoms with van der Waals surface area (Å²) in [6.45, 7) is 4.17. The molecule has 32 heavy (non-hydrogen) atoms. The third-order valence-corrected chi connectivity index (χ3v) is 6.20. The van der Waals surface area contributed by atoms with Crippen LogP contribution in [0.15, 0.2) is 46.8 Å². The molecule has 0 bridgehead atoms. The highest BCUT2D eigenvalue weighted by molar-refractivity contribution is 7.13. The number of nitrogens with one attached hydrogen (secondary N) is 1. The Hall–Kier alpha value is -3.27. The molecule has 4 rings (SSSR count). The molecule has 0 aromatic carbocycles. The molecule has 168 valence electrons. The van der Waals surface area contributed by atoms with Gasteiger partial charge in [-0.05, 0) is 43.7 Å². The van der Waals surface area contributed by atoms with Crippen LogP contribution in [-0.4, -0.2) is 51.9 Å². The van der Waals surface area contributed by atoms with Gasteiger partial charge in [-0.3, -0.25) is 9.59 Å². The minimum Gasteiger partial charge on any atom is -0.476 e. The Labute approximate surface area is 190 Å². The number of aromatic nitrogens is 4. The first kappa shape index (κ1) is 21.9. The smallest absolute Gasteiger partial charge is 0.267 e. The van der Waals surface area contributed by atoms with Crippen LogP contribution in [0.3, 0.4) is 0 Å². The maximum absolute atomic E-state index is 12.6. The Morgan fingerprint density at radius 3 is 2.84 bits per heavy atom. The fourth-order valence-electron chi connectivity index (χ4n) is 3.55. The van der Waals surface area contributed by atoms with E-state index in [4.69, 9.17) is 4.74 Å². The summed E-state index contributed by atoms with van der Waals surface area (Å²) >= 11 is 1.53. The van der Waals surface area contributed by atoms with Gasteiger partial charge in [-0.15, -0.1) is 11.3 Å². The first-order valence-corrected chi connectivity index (χ1v) is 11.6. The summed E-state index contributed by atoms with van der Waals surface area (Å²) in [5, 5.41) is 9.10. The zero-order valence-corrected chi connectivity index (χ0v) is 18.8. The number of rotatable bonds is 8. The minimum absolute atomic E-state index is 0.256. The van der Waals surface area contributed by atoms with Gasteiger partial charge in [0.1, 0.15) is 30.5 Å². The van der Waals surface area contributed by atoms with Gasteiger partial charge in [0.05, 0.1) is 11.4 Å². The summed E-state index contributed by atoms with van der Waals surface area (Å²) in [6, 6.07) is 8.03. The average molecular weight is 455 g/mol.